The number of rotatable bonds is 2. The van der Waals surface area contributed by atoms with Crippen LogP contribution in [0.1, 0.15) is 16.0 Å². The van der Waals surface area contributed by atoms with Gasteiger partial charge in [0.15, 0.2) is 0 Å². The number of hydrogen-bond donors (Lipinski definition) is 3. The molecule has 78 valence electrons. The Labute approximate surface area is 88.2 Å². The highest BCUT2D eigenvalue weighted by Gasteiger charge is 2.03. The Morgan fingerprint density at radius 2 is 2.29 bits per heavy atom. The summed E-state index contributed by atoms with van der Waals surface area (Å²) >= 11 is 1.77. The molecule has 4 nitrogen and oxygen atoms in total. The number of nitrogens with one attached hydrogen (secondary N) is 2. The quantitative estimate of drug-likeness (QED) is 0.295. The lowest BCUT2D eigenvalue weighted by atomic mass is 10.2. The zero-order valence-electron chi connectivity index (χ0n) is 8.72. The van der Waals surface area contributed by atoms with E-state index < -0.39 is 0 Å². The summed E-state index contributed by atoms with van der Waals surface area (Å²) in [6, 6.07) is 0. The number of aliphatic imine (C=N–C) groups is 1. The molecule has 0 aromatic carbocycles. The first-order valence-corrected chi connectivity index (χ1v) is 5.27. The highest BCUT2D eigenvalue weighted by Crippen LogP contribution is 2.19. The average molecular weight is 212 g/mol. The van der Waals surface area contributed by atoms with Crippen LogP contribution in [0.4, 0.5) is 0 Å². The molecule has 0 fully saturated rings. The molecule has 0 bridgehead atoms. The largest absolute Gasteiger partial charge is 0.351 e. The van der Waals surface area contributed by atoms with Gasteiger partial charge >= 0.3 is 0 Å². The minimum Gasteiger partial charge on any atom is -0.351 e. The summed E-state index contributed by atoms with van der Waals surface area (Å²) in [7, 11) is 1.69. The Morgan fingerprint density at radius 3 is 2.71 bits per heavy atom. The van der Waals surface area contributed by atoms with E-state index in [-0.39, 0.29) is 0 Å². The minimum absolute atomic E-state index is 0.605. The first kappa shape index (κ1) is 11.0. The van der Waals surface area contributed by atoms with Crippen molar-refractivity contribution in [2.45, 2.75) is 20.4 Å². The molecule has 0 unspecified atom stereocenters. The molecule has 14 heavy (non-hydrogen) atoms. The lowest BCUT2D eigenvalue weighted by molar-refractivity contribution is 0.838. The topological polar surface area (TPSA) is 62.4 Å². The van der Waals surface area contributed by atoms with E-state index in [1.54, 1.807) is 18.4 Å². The Kier molecular flexibility index (Phi) is 3.91. The standard InChI is InChI=1S/C9H16N4S/c1-6-7(2)14-5-8(6)4-12-9(11-3)13-10/h5H,4,10H2,1-3H3,(H2,11,12,13). The van der Waals surface area contributed by atoms with Crippen molar-refractivity contribution in [2.24, 2.45) is 10.8 Å². The summed E-state index contributed by atoms with van der Waals surface area (Å²) in [6.07, 6.45) is 0. The van der Waals surface area contributed by atoms with Crippen LogP contribution < -0.4 is 16.6 Å². The summed E-state index contributed by atoms with van der Waals surface area (Å²) in [5.41, 5.74) is 5.13. The highest BCUT2D eigenvalue weighted by atomic mass is 32.1. The second-order valence-electron chi connectivity index (χ2n) is 3.01. The van der Waals surface area contributed by atoms with Gasteiger partial charge in [-0.1, -0.05) is 0 Å². The van der Waals surface area contributed by atoms with E-state index in [1.165, 1.54) is 16.0 Å². The molecule has 0 atom stereocenters. The van der Waals surface area contributed by atoms with E-state index in [9.17, 15) is 0 Å². The van der Waals surface area contributed by atoms with E-state index in [0.717, 1.165) is 6.54 Å². The fourth-order valence-electron chi connectivity index (χ4n) is 1.11. The molecule has 0 spiro atoms. The Bertz CT molecular complexity index is 330. The second kappa shape index (κ2) is 4.97. The van der Waals surface area contributed by atoms with Crippen molar-refractivity contribution in [2.75, 3.05) is 7.05 Å². The molecular formula is C9H16N4S. The maximum Gasteiger partial charge on any atom is 0.205 e. The third-order valence-corrected chi connectivity index (χ3v) is 3.26. The van der Waals surface area contributed by atoms with Gasteiger partial charge in [-0.2, -0.15) is 0 Å². The molecule has 1 aromatic rings. The molecule has 4 N–H and O–H groups in total. The van der Waals surface area contributed by atoms with Crippen molar-refractivity contribution in [3.8, 4) is 0 Å². The smallest absolute Gasteiger partial charge is 0.205 e. The van der Waals surface area contributed by atoms with E-state index in [2.05, 4.69) is 35.0 Å². The van der Waals surface area contributed by atoms with Gasteiger partial charge in [0.1, 0.15) is 0 Å². The minimum atomic E-state index is 0.605. The molecule has 1 rings (SSSR count). The Hall–Kier alpha value is -1.07. The van der Waals surface area contributed by atoms with Gasteiger partial charge < -0.3 is 5.32 Å². The predicted molar refractivity (Wildman–Crippen MR) is 61.3 cm³/mol. The van der Waals surface area contributed by atoms with Crippen molar-refractivity contribution in [3.05, 3.63) is 21.4 Å². The lowest BCUT2D eigenvalue weighted by Gasteiger charge is -2.07. The van der Waals surface area contributed by atoms with Gasteiger partial charge in [0.05, 0.1) is 0 Å². The first-order chi connectivity index (χ1) is 6.69. The number of nitrogens with zero attached hydrogens (tertiary/aromatic N) is 1. The van der Waals surface area contributed by atoms with Crippen molar-refractivity contribution in [3.63, 3.8) is 0 Å². The Balaban J connectivity index is 2.58. The van der Waals surface area contributed by atoms with Gasteiger partial charge in [0.2, 0.25) is 5.96 Å². The van der Waals surface area contributed by atoms with Gasteiger partial charge in [-0.3, -0.25) is 10.4 Å². The van der Waals surface area contributed by atoms with Crippen LogP contribution in [0.5, 0.6) is 0 Å². The van der Waals surface area contributed by atoms with E-state index in [0.29, 0.717) is 5.96 Å². The lowest BCUT2D eigenvalue weighted by Crippen LogP contribution is -2.41. The normalized spacial score (nSPS) is 11.6. The third-order valence-electron chi connectivity index (χ3n) is 2.19. The van der Waals surface area contributed by atoms with Crippen LogP contribution >= 0.6 is 11.3 Å². The summed E-state index contributed by atoms with van der Waals surface area (Å²) < 4.78 is 0. The molecule has 0 amide bonds. The zero-order valence-corrected chi connectivity index (χ0v) is 9.53. The molecule has 1 heterocycles. The molecule has 1 aromatic heterocycles. The monoisotopic (exact) mass is 212 g/mol. The molecule has 0 aliphatic rings. The van der Waals surface area contributed by atoms with Crippen molar-refractivity contribution < 1.29 is 0 Å². The van der Waals surface area contributed by atoms with Crippen LogP contribution in [0.15, 0.2) is 10.4 Å². The number of guanidine groups is 1. The number of nitrogens with two attached hydrogens (primary N) is 1. The van der Waals surface area contributed by atoms with Gasteiger partial charge in [-0.15, -0.1) is 11.3 Å². The van der Waals surface area contributed by atoms with Crippen molar-refractivity contribution in [1.29, 1.82) is 0 Å². The van der Waals surface area contributed by atoms with Crippen molar-refractivity contribution in [1.82, 2.24) is 10.7 Å². The van der Waals surface area contributed by atoms with Crippen LogP contribution in [0.3, 0.4) is 0 Å². The van der Waals surface area contributed by atoms with Crippen molar-refractivity contribution >= 4 is 17.3 Å². The van der Waals surface area contributed by atoms with Crippen LogP contribution in [0, 0.1) is 13.8 Å². The van der Waals surface area contributed by atoms with Gasteiger partial charge in [-0.25, -0.2) is 5.84 Å². The predicted octanol–water partition coefficient (Wildman–Crippen LogP) is 0.904. The number of hydrogen-bond acceptors (Lipinski definition) is 3. The maximum absolute atomic E-state index is 5.25. The van der Waals surface area contributed by atoms with Crippen LogP contribution in [0.25, 0.3) is 0 Å². The van der Waals surface area contributed by atoms with Crippen LogP contribution in [-0.2, 0) is 6.54 Å². The summed E-state index contributed by atoms with van der Waals surface area (Å²) in [6.45, 7) is 5.01. The van der Waals surface area contributed by atoms with Gasteiger partial charge in [0.25, 0.3) is 0 Å². The van der Waals surface area contributed by atoms with E-state index in [4.69, 9.17) is 5.84 Å². The number of aryl methyl sites for hydroxylation is 1. The van der Waals surface area contributed by atoms with Gasteiger partial charge in [0, 0.05) is 18.5 Å². The average Bonchev–Trinajstić information content (AvgIpc) is 2.51. The first-order valence-electron chi connectivity index (χ1n) is 4.40. The molecule has 0 saturated carbocycles. The fraction of sp³-hybridized carbons (Fsp3) is 0.444. The van der Waals surface area contributed by atoms with Gasteiger partial charge in [-0.05, 0) is 30.4 Å². The third kappa shape index (κ3) is 2.46. The Morgan fingerprint density at radius 1 is 1.57 bits per heavy atom. The molecular weight excluding hydrogens is 196 g/mol. The molecule has 0 radical (unpaired) electrons. The molecule has 0 aliphatic carbocycles. The summed E-state index contributed by atoms with van der Waals surface area (Å²) in [5.74, 6) is 5.85. The fourth-order valence-corrected chi connectivity index (χ4v) is 2.00. The zero-order chi connectivity index (χ0) is 10.6. The summed E-state index contributed by atoms with van der Waals surface area (Å²) in [4.78, 5) is 5.29. The van der Waals surface area contributed by atoms with E-state index >= 15 is 0 Å². The molecule has 0 saturated heterocycles. The highest BCUT2D eigenvalue weighted by molar-refractivity contribution is 7.10. The molecule has 0 aliphatic heterocycles. The maximum atomic E-state index is 5.25. The second-order valence-corrected chi connectivity index (χ2v) is 4.10. The van der Waals surface area contributed by atoms with E-state index in [1.807, 2.05) is 0 Å². The summed E-state index contributed by atoms with van der Waals surface area (Å²) in [5, 5.41) is 5.26. The van der Waals surface area contributed by atoms with Crippen LogP contribution in [0.2, 0.25) is 0 Å². The number of thiophene rings is 1. The molecule has 5 heteroatoms. The SMILES string of the molecule is CN=C(NN)NCc1csc(C)c1C. The number of hydrazine groups is 1. The van der Waals surface area contributed by atoms with Crippen LogP contribution in [-0.4, -0.2) is 13.0 Å².